The van der Waals surface area contributed by atoms with E-state index >= 15 is 0 Å². The van der Waals surface area contributed by atoms with Gasteiger partial charge in [-0.25, -0.2) is 9.18 Å². The molecule has 2 amide bonds. The first-order valence-electron chi connectivity index (χ1n) is 11.5. The van der Waals surface area contributed by atoms with E-state index in [0.717, 1.165) is 5.56 Å². The molecular formula is C29H25FN2O5. The number of esters is 1. The third kappa shape index (κ3) is 5.75. The van der Waals surface area contributed by atoms with Crippen molar-refractivity contribution in [2.45, 2.75) is 13.8 Å². The second kappa shape index (κ2) is 10.9. The number of hydrogen-bond acceptors (Lipinski definition) is 5. The fourth-order valence-electron chi connectivity index (χ4n) is 3.89. The first-order chi connectivity index (χ1) is 17.8. The summed E-state index contributed by atoms with van der Waals surface area (Å²) in [4.78, 5) is 39.4. The van der Waals surface area contributed by atoms with Crippen molar-refractivity contribution in [2.75, 3.05) is 23.9 Å². The van der Waals surface area contributed by atoms with Crippen molar-refractivity contribution in [1.82, 2.24) is 0 Å². The van der Waals surface area contributed by atoms with Crippen LogP contribution in [-0.2, 0) is 19.1 Å². The van der Waals surface area contributed by atoms with Crippen LogP contribution < -0.4 is 15.0 Å². The van der Waals surface area contributed by atoms with Crippen LogP contribution in [0.5, 0.6) is 5.75 Å². The quantitative estimate of drug-likeness (QED) is 0.363. The summed E-state index contributed by atoms with van der Waals surface area (Å²) < 4.78 is 23.9. The molecule has 4 rings (SSSR count). The maximum Gasteiger partial charge on any atom is 0.340 e. The van der Waals surface area contributed by atoms with Crippen LogP contribution in [0.2, 0.25) is 0 Å². The third-order valence-electron chi connectivity index (χ3n) is 5.77. The first kappa shape index (κ1) is 25.4. The number of carbonyl (C=O) groups excluding carboxylic acids is 3. The standard InChI is InChI=1S/C29H25FN2O5/c1-18-4-10-22(11-5-18)31-26(33)17-37-24-14-6-20(7-15-24)16-25-27(29(35)36-3)19(2)32(28(25)34)23-12-8-21(30)9-13-23/h4-16H,17H2,1-3H3,(H,31,33)/b25-16-. The summed E-state index contributed by atoms with van der Waals surface area (Å²) in [5.41, 5.74) is 3.51. The maximum absolute atomic E-state index is 13.4. The lowest BCUT2D eigenvalue weighted by atomic mass is 10.0. The number of halogens is 1. The molecule has 1 aliphatic rings. The predicted octanol–water partition coefficient (Wildman–Crippen LogP) is 5.03. The fraction of sp³-hybridized carbons (Fsp3) is 0.138. The number of nitrogens with zero attached hydrogens (tertiary/aromatic N) is 1. The highest BCUT2D eigenvalue weighted by Gasteiger charge is 2.37. The average molecular weight is 501 g/mol. The van der Waals surface area contributed by atoms with Crippen molar-refractivity contribution >= 4 is 35.2 Å². The number of ether oxygens (including phenoxy) is 2. The van der Waals surface area contributed by atoms with Gasteiger partial charge >= 0.3 is 5.97 Å². The van der Waals surface area contributed by atoms with Crippen LogP contribution in [0.15, 0.2) is 89.6 Å². The van der Waals surface area contributed by atoms with Crippen molar-refractivity contribution in [3.63, 3.8) is 0 Å². The van der Waals surface area contributed by atoms with Gasteiger partial charge in [0.05, 0.1) is 18.3 Å². The Labute approximate surface area is 213 Å². The van der Waals surface area contributed by atoms with Gasteiger partial charge in [-0.2, -0.15) is 0 Å². The smallest absolute Gasteiger partial charge is 0.340 e. The van der Waals surface area contributed by atoms with E-state index in [0.29, 0.717) is 28.4 Å². The van der Waals surface area contributed by atoms with Crippen LogP contribution in [0.4, 0.5) is 15.8 Å². The van der Waals surface area contributed by atoms with Crippen LogP contribution in [-0.4, -0.2) is 31.5 Å². The van der Waals surface area contributed by atoms with E-state index in [1.54, 1.807) is 37.3 Å². The van der Waals surface area contributed by atoms with E-state index < -0.39 is 17.7 Å². The number of nitrogens with one attached hydrogen (secondary N) is 1. The van der Waals surface area contributed by atoms with Crippen LogP contribution in [0.3, 0.4) is 0 Å². The molecule has 0 fully saturated rings. The van der Waals surface area contributed by atoms with Crippen LogP contribution >= 0.6 is 0 Å². The molecule has 3 aromatic rings. The molecule has 1 N–H and O–H groups in total. The Morgan fingerprint density at radius 2 is 1.59 bits per heavy atom. The largest absolute Gasteiger partial charge is 0.484 e. The van der Waals surface area contributed by atoms with E-state index in [2.05, 4.69) is 5.32 Å². The Kier molecular flexibility index (Phi) is 7.48. The zero-order valence-corrected chi connectivity index (χ0v) is 20.6. The number of carbonyl (C=O) groups is 3. The highest BCUT2D eigenvalue weighted by atomic mass is 19.1. The van der Waals surface area contributed by atoms with Crippen molar-refractivity contribution in [2.24, 2.45) is 0 Å². The Hall–Kier alpha value is -4.72. The van der Waals surface area contributed by atoms with Crippen molar-refractivity contribution in [1.29, 1.82) is 0 Å². The molecule has 3 aromatic carbocycles. The monoisotopic (exact) mass is 500 g/mol. The first-order valence-corrected chi connectivity index (χ1v) is 11.5. The van der Waals surface area contributed by atoms with E-state index in [1.807, 2.05) is 31.2 Å². The summed E-state index contributed by atoms with van der Waals surface area (Å²) in [6.07, 6.45) is 1.58. The molecule has 0 bridgehead atoms. The molecule has 0 radical (unpaired) electrons. The molecule has 0 spiro atoms. The van der Waals surface area contributed by atoms with E-state index in [1.165, 1.54) is 36.3 Å². The molecule has 1 aliphatic heterocycles. The summed E-state index contributed by atoms with van der Waals surface area (Å²) >= 11 is 0. The number of allylic oxidation sites excluding steroid dienone is 1. The van der Waals surface area contributed by atoms with E-state index in [-0.39, 0.29) is 23.7 Å². The van der Waals surface area contributed by atoms with Crippen molar-refractivity contribution in [3.8, 4) is 5.75 Å². The van der Waals surface area contributed by atoms with E-state index in [4.69, 9.17) is 9.47 Å². The van der Waals surface area contributed by atoms with Crippen molar-refractivity contribution < 1.29 is 28.2 Å². The molecule has 8 heteroatoms. The maximum atomic E-state index is 13.4. The van der Waals surface area contributed by atoms with Gasteiger partial charge in [-0.15, -0.1) is 0 Å². The summed E-state index contributed by atoms with van der Waals surface area (Å²) in [5, 5.41) is 2.76. The predicted molar refractivity (Wildman–Crippen MR) is 138 cm³/mol. The number of anilines is 2. The molecule has 37 heavy (non-hydrogen) atoms. The SMILES string of the molecule is COC(=O)C1=C(C)N(c2ccc(F)cc2)C(=O)/C1=C\c1ccc(OCC(=O)Nc2ccc(C)cc2)cc1. The lowest BCUT2D eigenvalue weighted by Gasteiger charge is -2.17. The minimum Gasteiger partial charge on any atom is -0.484 e. The fourth-order valence-corrected chi connectivity index (χ4v) is 3.89. The molecule has 0 unspecified atom stereocenters. The highest BCUT2D eigenvalue weighted by molar-refractivity contribution is 6.23. The normalized spacial score (nSPS) is 14.2. The molecule has 0 atom stereocenters. The number of methoxy groups -OCH3 is 1. The molecule has 0 saturated carbocycles. The van der Waals surface area contributed by atoms with Crippen LogP contribution in [0.1, 0.15) is 18.1 Å². The summed E-state index contributed by atoms with van der Waals surface area (Å²) in [7, 11) is 1.24. The Morgan fingerprint density at radius 3 is 2.22 bits per heavy atom. The van der Waals surface area contributed by atoms with Crippen molar-refractivity contribution in [3.05, 3.63) is 107 Å². The summed E-state index contributed by atoms with van der Waals surface area (Å²) in [5.74, 6) is -1.35. The minimum absolute atomic E-state index is 0.130. The number of rotatable bonds is 7. The van der Waals surface area contributed by atoms with Gasteiger partial charge in [0.25, 0.3) is 11.8 Å². The second-order valence-corrected chi connectivity index (χ2v) is 8.40. The molecule has 0 saturated heterocycles. The van der Waals surface area contributed by atoms with Gasteiger partial charge in [-0.1, -0.05) is 29.8 Å². The molecule has 7 nitrogen and oxygen atoms in total. The third-order valence-corrected chi connectivity index (χ3v) is 5.77. The van der Waals surface area contributed by atoms with Crippen LogP contribution in [0.25, 0.3) is 6.08 Å². The number of benzene rings is 3. The highest BCUT2D eigenvalue weighted by Crippen LogP contribution is 2.35. The van der Waals surface area contributed by atoms with Gasteiger partial charge in [0.15, 0.2) is 6.61 Å². The summed E-state index contributed by atoms with van der Waals surface area (Å²) in [6.45, 7) is 3.42. The van der Waals surface area contributed by atoms with Gasteiger partial charge in [0.2, 0.25) is 0 Å². The zero-order valence-electron chi connectivity index (χ0n) is 20.6. The van der Waals surface area contributed by atoms with Crippen LogP contribution in [0, 0.1) is 12.7 Å². The number of aryl methyl sites for hydroxylation is 1. The molecule has 0 aliphatic carbocycles. The van der Waals surface area contributed by atoms with Gasteiger partial charge < -0.3 is 14.8 Å². The second-order valence-electron chi connectivity index (χ2n) is 8.40. The lowest BCUT2D eigenvalue weighted by molar-refractivity contribution is -0.136. The Bertz CT molecular complexity index is 1390. The molecular weight excluding hydrogens is 475 g/mol. The van der Waals surface area contributed by atoms with E-state index in [9.17, 15) is 18.8 Å². The molecule has 1 heterocycles. The zero-order chi connectivity index (χ0) is 26.5. The van der Waals surface area contributed by atoms with Gasteiger partial charge in [0, 0.05) is 17.1 Å². The number of hydrogen-bond donors (Lipinski definition) is 1. The minimum atomic E-state index is -0.652. The Balaban J connectivity index is 1.49. The van der Waals surface area contributed by atoms with Gasteiger partial charge in [-0.05, 0) is 74.0 Å². The Morgan fingerprint density at radius 1 is 0.946 bits per heavy atom. The topological polar surface area (TPSA) is 84.9 Å². The lowest BCUT2D eigenvalue weighted by Crippen LogP contribution is -2.24. The van der Waals surface area contributed by atoms with Gasteiger partial charge in [0.1, 0.15) is 11.6 Å². The number of amides is 2. The average Bonchev–Trinajstić information content (AvgIpc) is 3.14. The molecule has 0 aromatic heterocycles. The summed E-state index contributed by atoms with van der Waals surface area (Å²) in [6, 6.07) is 19.6. The molecule has 188 valence electrons. The van der Waals surface area contributed by atoms with Gasteiger partial charge in [-0.3, -0.25) is 14.5 Å².